The zero-order valence-corrected chi connectivity index (χ0v) is 25.3. The summed E-state index contributed by atoms with van der Waals surface area (Å²) < 4.78 is 5.93. The lowest BCUT2D eigenvalue weighted by Gasteiger charge is -2.28. The van der Waals surface area contributed by atoms with Crippen LogP contribution >= 0.6 is 11.6 Å². The van der Waals surface area contributed by atoms with E-state index in [1.807, 2.05) is 19.0 Å². The summed E-state index contributed by atoms with van der Waals surface area (Å²) in [5.41, 5.74) is 0.917. The number of furan rings is 1. The molecule has 0 unspecified atom stereocenters. The van der Waals surface area contributed by atoms with Gasteiger partial charge in [-0.05, 0) is 70.1 Å². The van der Waals surface area contributed by atoms with E-state index < -0.39 is 5.91 Å². The highest BCUT2D eigenvalue weighted by Gasteiger charge is 2.32. The summed E-state index contributed by atoms with van der Waals surface area (Å²) in [6, 6.07) is 8.03. The molecule has 224 valence electrons. The van der Waals surface area contributed by atoms with Crippen LogP contribution in [0, 0.1) is 11.8 Å². The molecule has 2 aromatic heterocycles. The lowest BCUT2D eigenvalue weighted by molar-refractivity contribution is -0.135. The number of pyridine rings is 1. The zero-order chi connectivity index (χ0) is 30.6. The monoisotopic (exact) mass is 596 g/mol. The highest BCUT2D eigenvalue weighted by molar-refractivity contribution is 6.30. The number of hydrogen-bond donors (Lipinski definition) is 2. The number of benzene rings is 1. The number of halogens is 1. The average molecular weight is 597 g/mol. The van der Waals surface area contributed by atoms with Crippen LogP contribution in [0.2, 0.25) is 5.02 Å². The van der Waals surface area contributed by atoms with Crippen molar-refractivity contribution in [2.75, 3.05) is 59.0 Å². The number of fused-ring (bicyclic) bond motifs is 1. The molecular weight excluding hydrogens is 560 g/mol. The molecule has 2 heterocycles. The Bertz CT molecular complexity index is 1460. The van der Waals surface area contributed by atoms with E-state index in [0.29, 0.717) is 60.3 Å². The van der Waals surface area contributed by atoms with Crippen LogP contribution in [0.25, 0.3) is 11.0 Å². The van der Waals surface area contributed by atoms with Crippen molar-refractivity contribution in [2.45, 2.75) is 25.7 Å². The first-order valence-electron chi connectivity index (χ1n) is 13.9. The minimum Gasteiger partial charge on any atom is -0.449 e. The molecule has 0 spiro atoms. The molecule has 0 atom stereocenters. The SMILES string of the molecule is CN(C)CCN(C)C(=O)c1ccc2oc(C(=O)Nc3ccc(Cl)cn3)c(NC(=O)C3CCC(C(=O)N(C)C)CC3)c2c1. The third kappa shape index (κ3) is 7.27. The van der Waals surface area contributed by atoms with E-state index in [1.165, 1.54) is 6.20 Å². The molecule has 1 aromatic carbocycles. The van der Waals surface area contributed by atoms with Gasteiger partial charge in [0.2, 0.25) is 17.6 Å². The fraction of sp³-hybridized carbons (Fsp3) is 0.433. The van der Waals surface area contributed by atoms with Crippen LogP contribution in [0.1, 0.15) is 46.6 Å². The first kappa shape index (κ1) is 31.0. The highest BCUT2D eigenvalue weighted by Crippen LogP contribution is 2.35. The Morgan fingerprint density at radius 1 is 0.929 bits per heavy atom. The van der Waals surface area contributed by atoms with E-state index in [0.717, 1.165) is 0 Å². The van der Waals surface area contributed by atoms with Gasteiger partial charge in [0.15, 0.2) is 0 Å². The van der Waals surface area contributed by atoms with Crippen LogP contribution in [0.15, 0.2) is 40.9 Å². The molecule has 0 aliphatic heterocycles. The Kier molecular flexibility index (Phi) is 9.85. The number of amides is 4. The van der Waals surface area contributed by atoms with Gasteiger partial charge in [-0.2, -0.15) is 0 Å². The second-order valence-corrected chi connectivity index (χ2v) is 11.6. The number of anilines is 2. The summed E-state index contributed by atoms with van der Waals surface area (Å²) in [4.78, 5) is 61.7. The van der Waals surface area contributed by atoms with Gasteiger partial charge in [-0.3, -0.25) is 19.2 Å². The van der Waals surface area contributed by atoms with Crippen molar-refractivity contribution in [3.63, 3.8) is 0 Å². The Labute approximate surface area is 250 Å². The van der Waals surface area contributed by atoms with Crippen LogP contribution in [0.4, 0.5) is 11.5 Å². The first-order chi connectivity index (χ1) is 19.9. The van der Waals surface area contributed by atoms with Crippen LogP contribution in [0.5, 0.6) is 0 Å². The fourth-order valence-corrected chi connectivity index (χ4v) is 5.11. The number of nitrogens with one attached hydrogen (secondary N) is 2. The normalized spacial score (nSPS) is 16.7. The molecule has 1 saturated carbocycles. The Morgan fingerprint density at radius 3 is 2.24 bits per heavy atom. The lowest BCUT2D eigenvalue weighted by atomic mass is 9.81. The zero-order valence-electron chi connectivity index (χ0n) is 24.6. The molecule has 0 saturated heterocycles. The number of carbonyl (C=O) groups excluding carboxylic acids is 4. The maximum atomic E-state index is 13.5. The molecule has 1 fully saturated rings. The van der Waals surface area contributed by atoms with E-state index in [4.69, 9.17) is 16.0 Å². The smallest absolute Gasteiger partial charge is 0.294 e. The quantitative estimate of drug-likeness (QED) is 0.379. The van der Waals surface area contributed by atoms with Gasteiger partial charge >= 0.3 is 0 Å². The molecule has 12 heteroatoms. The minimum atomic E-state index is -0.618. The van der Waals surface area contributed by atoms with Gasteiger partial charge in [0.1, 0.15) is 17.1 Å². The van der Waals surface area contributed by atoms with Crippen molar-refractivity contribution in [1.29, 1.82) is 0 Å². The lowest BCUT2D eigenvalue weighted by Crippen LogP contribution is -2.35. The molecule has 0 radical (unpaired) electrons. The molecule has 0 bridgehead atoms. The Morgan fingerprint density at radius 2 is 1.62 bits per heavy atom. The second kappa shape index (κ2) is 13.3. The van der Waals surface area contributed by atoms with Crippen molar-refractivity contribution < 1.29 is 23.6 Å². The number of carbonyl (C=O) groups is 4. The molecular formula is C30H37ClN6O5. The van der Waals surface area contributed by atoms with Crippen LogP contribution < -0.4 is 10.6 Å². The van der Waals surface area contributed by atoms with Crippen molar-refractivity contribution in [3.8, 4) is 0 Å². The second-order valence-electron chi connectivity index (χ2n) is 11.1. The predicted molar refractivity (Wildman–Crippen MR) is 162 cm³/mol. The standard InChI is InChI=1S/C30H37ClN6O5/c1-35(2)14-15-37(5)30(41)20-10-12-23-22(16-20)25(26(42-23)28(39)33-24-13-11-21(31)17-32-24)34-27(38)18-6-8-19(9-7-18)29(40)36(3)4/h10-13,16-19H,6-9,14-15H2,1-5H3,(H,34,38)(H,32,33,39). The highest BCUT2D eigenvalue weighted by atomic mass is 35.5. The van der Waals surface area contributed by atoms with Gasteiger partial charge in [0.05, 0.1) is 5.02 Å². The molecule has 1 aliphatic carbocycles. The van der Waals surface area contributed by atoms with Gasteiger partial charge < -0.3 is 29.8 Å². The predicted octanol–water partition coefficient (Wildman–Crippen LogP) is 4.20. The van der Waals surface area contributed by atoms with Crippen molar-refractivity contribution in [2.24, 2.45) is 11.8 Å². The van der Waals surface area contributed by atoms with E-state index in [9.17, 15) is 19.2 Å². The summed E-state index contributed by atoms with van der Waals surface area (Å²) in [7, 11) is 9.06. The molecule has 3 aromatic rings. The summed E-state index contributed by atoms with van der Waals surface area (Å²) in [5, 5.41) is 6.44. The number of rotatable bonds is 9. The summed E-state index contributed by atoms with van der Waals surface area (Å²) in [6.45, 7) is 1.22. The average Bonchev–Trinajstić information content (AvgIpc) is 3.33. The van der Waals surface area contributed by atoms with Gasteiger partial charge in [0.25, 0.3) is 11.8 Å². The Hall–Kier alpha value is -3.96. The van der Waals surface area contributed by atoms with Gasteiger partial charge in [-0.15, -0.1) is 0 Å². The summed E-state index contributed by atoms with van der Waals surface area (Å²) in [5.74, 6) is -1.32. The summed E-state index contributed by atoms with van der Waals surface area (Å²) >= 11 is 5.92. The number of nitrogens with zero attached hydrogens (tertiary/aromatic N) is 4. The number of aromatic nitrogens is 1. The molecule has 1 aliphatic rings. The molecule has 42 heavy (non-hydrogen) atoms. The molecule has 2 N–H and O–H groups in total. The van der Waals surface area contributed by atoms with Crippen molar-refractivity contribution >= 4 is 57.7 Å². The fourth-order valence-electron chi connectivity index (χ4n) is 5.00. The molecule has 4 amide bonds. The third-order valence-electron chi connectivity index (χ3n) is 7.48. The van der Waals surface area contributed by atoms with E-state index in [1.54, 1.807) is 61.3 Å². The number of likely N-dealkylation sites (N-methyl/N-ethyl adjacent to an activating group) is 2. The van der Waals surface area contributed by atoms with Crippen LogP contribution in [-0.4, -0.2) is 91.6 Å². The number of hydrogen-bond acceptors (Lipinski definition) is 7. The van der Waals surface area contributed by atoms with Gasteiger partial charge in [0, 0.05) is 63.2 Å². The topological polar surface area (TPSA) is 128 Å². The largest absolute Gasteiger partial charge is 0.449 e. The summed E-state index contributed by atoms with van der Waals surface area (Å²) in [6.07, 6.45) is 3.70. The van der Waals surface area contributed by atoms with E-state index in [-0.39, 0.29) is 46.8 Å². The maximum Gasteiger partial charge on any atom is 0.294 e. The maximum absolute atomic E-state index is 13.5. The molecule has 4 rings (SSSR count). The van der Waals surface area contributed by atoms with E-state index in [2.05, 4.69) is 15.6 Å². The van der Waals surface area contributed by atoms with Crippen molar-refractivity contribution in [1.82, 2.24) is 19.7 Å². The van der Waals surface area contributed by atoms with Crippen LogP contribution in [-0.2, 0) is 9.59 Å². The van der Waals surface area contributed by atoms with Crippen molar-refractivity contribution in [3.05, 3.63) is 52.9 Å². The van der Waals surface area contributed by atoms with Gasteiger partial charge in [-0.1, -0.05) is 11.6 Å². The van der Waals surface area contributed by atoms with Gasteiger partial charge in [-0.25, -0.2) is 4.98 Å². The third-order valence-corrected chi connectivity index (χ3v) is 7.70. The first-order valence-corrected chi connectivity index (χ1v) is 14.2. The minimum absolute atomic E-state index is 0.0669. The van der Waals surface area contributed by atoms with E-state index >= 15 is 0 Å². The van der Waals surface area contributed by atoms with Crippen LogP contribution in [0.3, 0.4) is 0 Å². The Balaban J connectivity index is 1.63. The molecule has 11 nitrogen and oxygen atoms in total.